The highest BCUT2D eigenvalue weighted by Crippen LogP contribution is 2.30. The van der Waals surface area contributed by atoms with E-state index in [1.807, 2.05) is 0 Å². The Hall–Kier alpha value is -2.05. The third-order valence-corrected chi connectivity index (χ3v) is 2.57. The van der Waals surface area contributed by atoms with E-state index in [0.29, 0.717) is 0 Å². The van der Waals surface area contributed by atoms with Crippen LogP contribution in [0.15, 0.2) is 0 Å². The van der Waals surface area contributed by atoms with Gasteiger partial charge in [-0.3, -0.25) is 9.59 Å². The van der Waals surface area contributed by atoms with Gasteiger partial charge in [0.05, 0.1) is 0 Å². The monoisotopic (exact) mass is 262 g/mol. The predicted octanol–water partition coefficient (Wildman–Crippen LogP) is 1.97. The van der Waals surface area contributed by atoms with Crippen LogP contribution in [0.4, 0.5) is 13.2 Å². The summed E-state index contributed by atoms with van der Waals surface area (Å²) in [6.07, 6.45) is 0. The van der Waals surface area contributed by atoms with Crippen LogP contribution in [0.1, 0.15) is 22.6 Å². The Balaban J connectivity index is 3.69. The molecule has 1 aromatic rings. The Kier molecular flexibility index (Phi) is 3.64. The van der Waals surface area contributed by atoms with Crippen LogP contribution in [0.5, 0.6) is 0 Å². The Labute approximate surface area is 99.7 Å². The second-order valence-corrected chi connectivity index (χ2v) is 3.72. The summed E-state index contributed by atoms with van der Waals surface area (Å²) in [6.45, 7) is 1.95. The highest BCUT2D eigenvalue weighted by molar-refractivity contribution is 5.99. The summed E-state index contributed by atoms with van der Waals surface area (Å²) in [5.41, 5.74) is -2.39. The van der Waals surface area contributed by atoms with Crippen molar-refractivity contribution < 1.29 is 33.0 Å². The van der Waals surface area contributed by atoms with Gasteiger partial charge in [0.25, 0.3) is 0 Å². The number of hydrogen-bond acceptors (Lipinski definition) is 2. The van der Waals surface area contributed by atoms with Crippen LogP contribution in [0.3, 0.4) is 0 Å². The quantitative estimate of drug-likeness (QED) is 0.817. The summed E-state index contributed by atoms with van der Waals surface area (Å²) < 4.78 is 40.7. The van der Waals surface area contributed by atoms with Crippen molar-refractivity contribution in [3.05, 3.63) is 34.1 Å². The van der Waals surface area contributed by atoms with Crippen molar-refractivity contribution in [3.8, 4) is 0 Å². The highest BCUT2D eigenvalue weighted by Gasteiger charge is 2.36. The number of carboxylic acid groups (broad SMARTS) is 2. The van der Waals surface area contributed by atoms with Gasteiger partial charge in [-0.15, -0.1) is 0 Å². The van der Waals surface area contributed by atoms with Crippen molar-refractivity contribution >= 4 is 11.9 Å². The zero-order valence-electron chi connectivity index (χ0n) is 9.42. The number of aliphatic carboxylic acids is 2. The molecule has 2 N–H and O–H groups in total. The lowest BCUT2D eigenvalue weighted by atomic mass is 9.93. The van der Waals surface area contributed by atoms with Gasteiger partial charge in [0, 0.05) is 16.7 Å². The number of carboxylic acids is 2. The summed E-state index contributed by atoms with van der Waals surface area (Å²) in [6, 6.07) is 0. The van der Waals surface area contributed by atoms with Crippen LogP contribution in [0.25, 0.3) is 0 Å². The Morgan fingerprint density at radius 1 is 0.889 bits per heavy atom. The average molecular weight is 262 g/mol. The Morgan fingerprint density at radius 3 is 1.50 bits per heavy atom. The molecule has 0 saturated carbocycles. The molecule has 0 heterocycles. The van der Waals surface area contributed by atoms with Gasteiger partial charge in [-0.05, 0) is 13.8 Å². The molecule has 0 bridgehead atoms. The van der Waals surface area contributed by atoms with Crippen LogP contribution < -0.4 is 0 Å². The topological polar surface area (TPSA) is 74.6 Å². The molecule has 0 atom stereocenters. The molecule has 0 fully saturated rings. The van der Waals surface area contributed by atoms with Crippen LogP contribution in [-0.2, 0) is 9.59 Å². The van der Waals surface area contributed by atoms with Gasteiger partial charge in [0.1, 0.15) is 17.5 Å². The van der Waals surface area contributed by atoms with Crippen molar-refractivity contribution in [1.82, 2.24) is 0 Å². The summed E-state index contributed by atoms with van der Waals surface area (Å²) >= 11 is 0. The van der Waals surface area contributed by atoms with Crippen molar-refractivity contribution in [3.63, 3.8) is 0 Å². The predicted molar refractivity (Wildman–Crippen MR) is 53.8 cm³/mol. The molecule has 0 aromatic heterocycles. The standard InChI is InChI=1S/C11H9F3O4/c1-3-7(12)4(2)9(14)5(8(3)13)6(10(15)16)11(17)18/h6H,1-2H3,(H,15,16)(H,17,18). The molecule has 0 aliphatic rings. The third kappa shape index (κ3) is 2.03. The second kappa shape index (κ2) is 4.67. The first-order chi connectivity index (χ1) is 8.20. The highest BCUT2D eigenvalue weighted by atomic mass is 19.1. The molecule has 0 saturated heterocycles. The van der Waals surface area contributed by atoms with Crippen LogP contribution in [-0.4, -0.2) is 22.2 Å². The molecule has 1 aromatic carbocycles. The van der Waals surface area contributed by atoms with E-state index in [-0.39, 0.29) is 0 Å². The summed E-state index contributed by atoms with van der Waals surface area (Å²) in [7, 11) is 0. The number of rotatable bonds is 3. The van der Waals surface area contributed by atoms with Crippen molar-refractivity contribution in [1.29, 1.82) is 0 Å². The van der Waals surface area contributed by atoms with E-state index in [1.165, 1.54) is 0 Å². The maximum atomic E-state index is 13.7. The lowest BCUT2D eigenvalue weighted by Gasteiger charge is -2.14. The first-order valence-corrected chi connectivity index (χ1v) is 4.79. The number of benzene rings is 1. The van der Waals surface area contributed by atoms with E-state index in [9.17, 15) is 22.8 Å². The lowest BCUT2D eigenvalue weighted by Crippen LogP contribution is -2.24. The Morgan fingerprint density at radius 2 is 1.22 bits per heavy atom. The van der Waals surface area contributed by atoms with Gasteiger partial charge in [0.15, 0.2) is 5.92 Å². The van der Waals surface area contributed by atoms with Crippen molar-refractivity contribution in [2.75, 3.05) is 0 Å². The fourth-order valence-electron chi connectivity index (χ4n) is 1.58. The van der Waals surface area contributed by atoms with E-state index >= 15 is 0 Å². The molecule has 7 heteroatoms. The molecule has 0 aliphatic carbocycles. The molecule has 0 amide bonds. The normalized spacial score (nSPS) is 10.8. The minimum atomic E-state index is -2.41. The van der Waals surface area contributed by atoms with Crippen molar-refractivity contribution in [2.24, 2.45) is 0 Å². The molecule has 1 rings (SSSR count). The zero-order chi connectivity index (χ0) is 14.2. The minimum absolute atomic E-state index is 0.614. The molecule has 0 aliphatic heterocycles. The molecular formula is C11H9F3O4. The molecule has 0 radical (unpaired) electrons. The largest absolute Gasteiger partial charge is 0.480 e. The fraction of sp³-hybridized carbons (Fsp3) is 0.273. The van der Waals surface area contributed by atoms with Gasteiger partial charge in [-0.25, -0.2) is 13.2 Å². The molecule has 98 valence electrons. The third-order valence-electron chi connectivity index (χ3n) is 2.57. The lowest BCUT2D eigenvalue weighted by molar-refractivity contribution is -0.150. The van der Waals surface area contributed by atoms with E-state index in [1.54, 1.807) is 0 Å². The van der Waals surface area contributed by atoms with Crippen LogP contribution in [0.2, 0.25) is 0 Å². The zero-order valence-corrected chi connectivity index (χ0v) is 9.42. The van der Waals surface area contributed by atoms with Gasteiger partial charge >= 0.3 is 11.9 Å². The maximum Gasteiger partial charge on any atom is 0.322 e. The van der Waals surface area contributed by atoms with Gasteiger partial charge in [-0.1, -0.05) is 0 Å². The average Bonchev–Trinajstić information content (AvgIpc) is 2.28. The van der Waals surface area contributed by atoms with Crippen LogP contribution in [0, 0.1) is 31.3 Å². The first-order valence-electron chi connectivity index (χ1n) is 4.79. The summed E-state index contributed by atoms with van der Waals surface area (Å²) in [4.78, 5) is 21.5. The Bertz CT molecular complexity index is 497. The van der Waals surface area contributed by atoms with Gasteiger partial charge in [-0.2, -0.15) is 0 Å². The molecule has 18 heavy (non-hydrogen) atoms. The van der Waals surface area contributed by atoms with E-state index in [0.717, 1.165) is 13.8 Å². The number of carbonyl (C=O) groups is 2. The van der Waals surface area contributed by atoms with E-state index in [4.69, 9.17) is 10.2 Å². The molecule has 0 unspecified atom stereocenters. The van der Waals surface area contributed by atoms with Gasteiger partial charge in [0.2, 0.25) is 0 Å². The van der Waals surface area contributed by atoms with E-state index in [2.05, 4.69) is 0 Å². The first kappa shape index (κ1) is 14.0. The number of hydrogen-bond donors (Lipinski definition) is 2. The fourth-order valence-corrected chi connectivity index (χ4v) is 1.58. The number of halogens is 3. The minimum Gasteiger partial charge on any atom is -0.480 e. The van der Waals surface area contributed by atoms with Crippen LogP contribution >= 0.6 is 0 Å². The van der Waals surface area contributed by atoms with Crippen molar-refractivity contribution in [2.45, 2.75) is 19.8 Å². The summed E-state index contributed by atoms with van der Waals surface area (Å²) in [5.74, 6) is -10.4. The molecule has 0 spiro atoms. The van der Waals surface area contributed by atoms with E-state index < -0.39 is 52.0 Å². The van der Waals surface area contributed by atoms with Gasteiger partial charge < -0.3 is 10.2 Å². The second-order valence-electron chi connectivity index (χ2n) is 3.72. The maximum absolute atomic E-state index is 13.7. The molecule has 4 nitrogen and oxygen atoms in total. The summed E-state index contributed by atoms with van der Waals surface area (Å²) in [5, 5.41) is 17.4. The smallest absolute Gasteiger partial charge is 0.322 e. The molecular weight excluding hydrogens is 253 g/mol. The SMILES string of the molecule is Cc1c(F)c(C)c(F)c(C(C(=O)O)C(=O)O)c1F.